The number of ether oxygens (including phenoxy) is 6. The van der Waals surface area contributed by atoms with E-state index < -0.39 is 149 Å². The number of hydrogen-bond donors (Lipinski definition) is 9. The summed E-state index contributed by atoms with van der Waals surface area (Å²) in [4.78, 5) is 76.2. The molecule has 3 aromatic carbocycles. The number of carbonyl (C=O) groups excluding carboxylic acids is 4. The number of hydrogen-bond acceptors (Lipinski definition) is 20. The molecule has 0 bridgehead atoms. The molecule has 23 heteroatoms. The fourth-order valence-electron chi connectivity index (χ4n) is 8.35. The zero-order valence-corrected chi connectivity index (χ0v) is 33.7. The lowest BCUT2D eigenvalue weighted by atomic mass is 9.73. The number of nitro groups is 1. The van der Waals surface area contributed by atoms with Crippen LogP contribution in [0.2, 0.25) is 0 Å². The molecule has 1 amide bonds. The molecule has 342 valence electrons. The van der Waals surface area contributed by atoms with Gasteiger partial charge in [-0.05, 0) is 37.5 Å². The van der Waals surface area contributed by atoms with Gasteiger partial charge in [-0.25, -0.2) is 9.59 Å². The van der Waals surface area contributed by atoms with Crippen LogP contribution < -0.4 is 14.8 Å². The second-order valence-corrected chi connectivity index (χ2v) is 15.5. The summed E-state index contributed by atoms with van der Waals surface area (Å²) in [5.74, 6) is -6.85. The predicted octanol–water partition coefficient (Wildman–Crippen LogP) is 0.0333. The number of carboxylic acids is 1. The molecular formula is C41H42N2O21. The van der Waals surface area contributed by atoms with E-state index in [1.54, 1.807) is 0 Å². The third kappa shape index (κ3) is 8.30. The van der Waals surface area contributed by atoms with E-state index >= 15 is 0 Å². The Bertz CT molecular complexity index is 2400. The number of ketones is 3. The minimum Gasteiger partial charge on any atom is -0.507 e. The molecule has 0 unspecified atom stereocenters. The highest BCUT2D eigenvalue weighted by Gasteiger charge is 2.49. The Hall–Kier alpha value is -6.31. The Kier molecular flexibility index (Phi) is 12.9. The first-order chi connectivity index (χ1) is 30.4. The zero-order valence-electron chi connectivity index (χ0n) is 33.7. The number of aliphatic carboxylic acids is 1. The molecule has 11 atom stereocenters. The van der Waals surface area contributed by atoms with Gasteiger partial charge in [-0.2, -0.15) is 0 Å². The molecule has 2 saturated heterocycles. The molecule has 2 aliphatic carbocycles. The quantitative estimate of drug-likeness (QED) is 0.0514. The number of carboxylic acid groups (broad SMARTS) is 1. The van der Waals surface area contributed by atoms with Gasteiger partial charge in [-0.1, -0.05) is 18.2 Å². The third-order valence-corrected chi connectivity index (χ3v) is 11.6. The number of aliphatic hydroxyl groups is 5. The van der Waals surface area contributed by atoms with Crippen molar-refractivity contribution in [1.29, 1.82) is 0 Å². The van der Waals surface area contributed by atoms with Gasteiger partial charge in [0.1, 0.15) is 54.9 Å². The van der Waals surface area contributed by atoms with Crippen LogP contribution in [-0.4, -0.2) is 144 Å². The second-order valence-electron chi connectivity index (χ2n) is 15.5. The number of phenolic OH excluding ortho intramolecular Hbond substituents is 2. The Morgan fingerprint density at radius 2 is 1.62 bits per heavy atom. The number of nitro benzene ring substituents is 1. The number of carbonyl (C=O) groups is 5. The average Bonchev–Trinajstić information content (AvgIpc) is 3.27. The fourth-order valence-corrected chi connectivity index (χ4v) is 8.35. The molecule has 2 aliphatic heterocycles. The summed E-state index contributed by atoms with van der Waals surface area (Å²) in [5.41, 5.74) is -2.16. The Balaban J connectivity index is 1.07. The van der Waals surface area contributed by atoms with Crippen molar-refractivity contribution in [1.82, 2.24) is 5.32 Å². The lowest BCUT2D eigenvalue weighted by Gasteiger charge is -2.41. The molecule has 2 fully saturated rings. The smallest absolute Gasteiger partial charge is 0.407 e. The molecule has 3 aromatic rings. The van der Waals surface area contributed by atoms with Crippen LogP contribution in [0.3, 0.4) is 0 Å². The summed E-state index contributed by atoms with van der Waals surface area (Å²) in [6.07, 6.45) is -17.0. The van der Waals surface area contributed by atoms with E-state index in [9.17, 15) is 74.9 Å². The molecule has 0 radical (unpaired) electrons. The highest BCUT2D eigenvalue weighted by molar-refractivity contribution is 6.31. The number of benzene rings is 3. The molecule has 0 saturated carbocycles. The van der Waals surface area contributed by atoms with Crippen LogP contribution in [-0.2, 0) is 41.6 Å². The zero-order chi connectivity index (χ0) is 46.5. The minimum absolute atomic E-state index is 0.0376. The largest absolute Gasteiger partial charge is 0.507 e. The highest BCUT2D eigenvalue weighted by atomic mass is 16.7. The van der Waals surface area contributed by atoms with Crippen molar-refractivity contribution in [3.63, 3.8) is 0 Å². The summed E-state index contributed by atoms with van der Waals surface area (Å²) < 4.78 is 33.1. The summed E-state index contributed by atoms with van der Waals surface area (Å²) in [6.45, 7) is -0.0182. The number of phenols is 2. The lowest BCUT2D eigenvalue weighted by Crippen LogP contribution is -2.61. The van der Waals surface area contributed by atoms with Gasteiger partial charge in [0.2, 0.25) is 12.1 Å². The molecule has 0 aromatic heterocycles. The maximum atomic E-state index is 14.0. The van der Waals surface area contributed by atoms with Crippen LogP contribution in [0, 0.1) is 16.0 Å². The molecule has 4 aliphatic rings. The van der Waals surface area contributed by atoms with E-state index in [-0.39, 0.29) is 52.8 Å². The van der Waals surface area contributed by atoms with Gasteiger partial charge in [0.15, 0.2) is 29.7 Å². The van der Waals surface area contributed by atoms with Crippen LogP contribution in [0.5, 0.6) is 23.0 Å². The molecule has 64 heavy (non-hydrogen) atoms. The highest BCUT2D eigenvalue weighted by Crippen LogP contribution is 2.52. The van der Waals surface area contributed by atoms with E-state index in [0.717, 1.165) is 12.1 Å². The van der Waals surface area contributed by atoms with E-state index in [2.05, 4.69) is 5.32 Å². The maximum absolute atomic E-state index is 14.0. The van der Waals surface area contributed by atoms with Crippen LogP contribution in [0.4, 0.5) is 10.5 Å². The first-order valence-electron chi connectivity index (χ1n) is 19.7. The van der Waals surface area contributed by atoms with Gasteiger partial charge in [0, 0.05) is 35.1 Å². The minimum atomic E-state index is -2.04. The van der Waals surface area contributed by atoms with Crippen LogP contribution in [0.15, 0.2) is 36.4 Å². The monoisotopic (exact) mass is 898 g/mol. The van der Waals surface area contributed by atoms with Crippen molar-refractivity contribution in [2.24, 2.45) is 5.92 Å². The van der Waals surface area contributed by atoms with Gasteiger partial charge in [0.25, 0.3) is 0 Å². The van der Waals surface area contributed by atoms with Crippen molar-refractivity contribution in [2.45, 2.75) is 94.1 Å². The van der Waals surface area contributed by atoms with Gasteiger partial charge in [-0.15, -0.1) is 0 Å². The van der Waals surface area contributed by atoms with Gasteiger partial charge in [-0.3, -0.25) is 24.5 Å². The Morgan fingerprint density at radius 3 is 2.30 bits per heavy atom. The number of alkyl carbamates (subject to hydrolysis) is 1. The summed E-state index contributed by atoms with van der Waals surface area (Å²) in [6, 6.07) is 6.32. The first-order valence-corrected chi connectivity index (χ1v) is 19.7. The number of methoxy groups -OCH3 is 1. The Labute approximate surface area is 360 Å². The number of aromatic hydroxyl groups is 2. The van der Waals surface area contributed by atoms with Gasteiger partial charge >= 0.3 is 17.7 Å². The van der Waals surface area contributed by atoms with E-state index in [0.29, 0.717) is 0 Å². The van der Waals surface area contributed by atoms with Gasteiger partial charge in [0.05, 0.1) is 47.0 Å². The van der Waals surface area contributed by atoms with Crippen LogP contribution in [0.1, 0.15) is 74.4 Å². The average molecular weight is 899 g/mol. The number of nitrogens with one attached hydrogen (secondary N) is 1. The number of rotatable bonds is 12. The first kappa shape index (κ1) is 45.7. The Morgan fingerprint density at radius 1 is 0.906 bits per heavy atom. The molecule has 23 nitrogen and oxygen atoms in total. The lowest BCUT2D eigenvalue weighted by molar-refractivity contribution is -0.387. The maximum Gasteiger partial charge on any atom is 0.407 e. The number of Topliss-reactive ketones (excluding diaryl/α,β-unsaturated/α-hetero) is 1. The molecule has 0 spiro atoms. The number of fused-ring (bicyclic) bond motifs is 3. The molecule has 7 rings (SSSR count). The van der Waals surface area contributed by atoms with Crippen LogP contribution >= 0.6 is 0 Å². The van der Waals surface area contributed by atoms with Gasteiger partial charge < -0.3 is 74.6 Å². The summed E-state index contributed by atoms with van der Waals surface area (Å²) >= 11 is 0. The number of aliphatic hydroxyl groups excluding tert-OH is 5. The van der Waals surface area contributed by atoms with Crippen molar-refractivity contribution in [3.8, 4) is 23.0 Å². The van der Waals surface area contributed by atoms with Crippen molar-refractivity contribution < 1.29 is 98.2 Å². The molecule has 9 N–H and O–H groups in total. The van der Waals surface area contributed by atoms with E-state index in [1.165, 1.54) is 38.3 Å². The van der Waals surface area contributed by atoms with Crippen molar-refractivity contribution in [2.75, 3.05) is 13.7 Å². The number of amides is 1. The molecular weight excluding hydrogens is 856 g/mol. The van der Waals surface area contributed by atoms with E-state index in [1.807, 2.05) is 0 Å². The fraction of sp³-hybridized carbons (Fsp3) is 0.439. The summed E-state index contributed by atoms with van der Waals surface area (Å²) in [7, 11) is 1.29. The SMILES string of the molecule is COc1cccc2c1C(=O)c1c(O)c3c(c(O)c1C2=O)C[C@@H](C(=O)CO)C[C@@H]3O[C@H]1C[C@H](NC(=O)OCc2ccc(O[C@@H]3O[C@H](C(=O)O)[C@@H](O)[C@H](O)[C@H]3O)c([N+](=O)[O-])c2)[C@H](O)[C@H](C)O1. The molecule has 2 heterocycles. The van der Waals surface area contributed by atoms with E-state index in [4.69, 9.17) is 28.4 Å². The predicted molar refractivity (Wildman–Crippen MR) is 207 cm³/mol. The van der Waals surface area contributed by atoms with Crippen molar-refractivity contribution >= 4 is 35.1 Å². The third-order valence-electron chi connectivity index (χ3n) is 11.6. The second kappa shape index (κ2) is 18.1. The normalized spacial score (nSPS) is 28.5. The van der Waals surface area contributed by atoms with Crippen molar-refractivity contribution in [3.05, 3.63) is 85.5 Å². The standard InChI is InChI=1S/C41H42N2O21/c1-14-30(46)19(42-41(56)60-13-15-6-7-22(20(8-15)43(57)58)63-40-37(53)35(51)36(52)38(64-40)39(54)55)11-25(61-14)62-24-10-16(21(45)12-44)9-18-27(24)34(50)29-28(32(18)48)31(47)17-4-3-5-23(59-2)26(17)33(29)49/h3-8,14,16,19,24-25,30,35-38,40,44,46,48,50-53H,9-13H2,1-2H3,(H,42,56)(H,54,55)/t14-,16+,19-,24-,25-,30+,35-,36-,37+,38-,40+/m0/s1. The van der Waals surface area contributed by atoms with Crippen LogP contribution in [0.25, 0.3) is 0 Å². The summed E-state index contributed by atoms with van der Waals surface area (Å²) in [5, 5.41) is 98.1. The topological polar surface area (TPSA) is 358 Å². The number of nitrogens with zero attached hydrogens (tertiary/aromatic N) is 1.